The third-order valence-corrected chi connectivity index (χ3v) is 3.36. The van der Waals surface area contributed by atoms with Gasteiger partial charge < -0.3 is 9.57 Å². The average molecular weight is 289 g/mol. The molecule has 0 aliphatic heterocycles. The monoisotopic (exact) mass is 289 g/mol. The number of nitrogens with zero attached hydrogens (tertiary/aromatic N) is 3. The van der Waals surface area contributed by atoms with E-state index in [1.54, 1.807) is 18.7 Å². The van der Waals surface area contributed by atoms with Crippen LogP contribution in [0.3, 0.4) is 0 Å². The van der Waals surface area contributed by atoms with Gasteiger partial charge in [-0.15, -0.1) is 0 Å². The number of carbonyl (C=O) groups excluding carboxylic acids is 2. The Morgan fingerprint density at radius 2 is 2.05 bits per heavy atom. The molecule has 0 fully saturated rings. The first-order valence-electron chi connectivity index (χ1n) is 5.85. The molecule has 0 aromatic carbocycles. The first kappa shape index (κ1) is 17.6. The Labute approximate surface area is 116 Å². The van der Waals surface area contributed by atoms with Crippen LogP contribution in [0.5, 0.6) is 0 Å². The molecule has 0 rings (SSSR count). The molecule has 0 aromatic heterocycles. The summed E-state index contributed by atoms with van der Waals surface area (Å²) in [5, 5.41) is 2.71. The SMILES string of the molecule is CCOC(=O)[C@@H](CSC(C)(C)C)CC(=O)ON=[N+]=[N-]. The molecule has 0 aromatic rings. The number of azide groups is 1. The fraction of sp³-hybridized carbons (Fsp3) is 0.818. The Morgan fingerprint density at radius 3 is 2.53 bits per heavy atom. The van der Waals surface area contributed by atoms with E-state index < -0.39 is 17.9 Å². The van der Waals surface area contributed by atoms with Crippen LogP contribution in [-0.2, 0) is 19.2 Å². The van der Waals surface area contributed by atoms with Crippen molar-refractivity contribution in [2.45, 2.75) is 38.9 Å². The van der Waals surface area contributed by atoms with Gasteiger partial charge in [0.1, 0.15) is 5.28 Å². The molecule has 19 heavy (non-hydrogen) atoms. The van der Waals surface area contributed by atoms with Crippen molar-refractivity contribution >= 4 is 23.7 Å². The molecule has 108 valence electrons. The van der Waals surface area contributed by atoms with Crippen molar-refractivity contribution < 1.29 is 19.2 Å². The molecule has 0 saturated heterocycles. The van der Waals surface area contributed by atoms with Gasteiger partial charge in [0, 0.05) is 15.4 Å². The van der Waals surface area contributed by atoms with Gasteiger partial charge in [-0.25, -0.2) is 0 Å². The first-order chi connectivity index (χ1) is 8.80. The molecule has 1 atom stereocenters. The third kappa shape index (κ3) is 9.21. The van der Waals surface area contributed by atoms with Gasteiger partial charge in [-0.1, -0.05) is 20.8 Å². The molecule has 0 spiro atoms. The summed E-state index contributed by atoms with van der Waals surface area (Å²) in [5.41, 5.74) is 8.04. The van der Waals surface area contributed by atoms with Gasteiger partial charge >= 0.3 is 11.9 Å². The van der Waals surface area contributed by atoms with Crippen molar-refractivity contribution in [1.29, 1.82) is 0 Å². The Bertz CT molecular complexity index is 361. The number of hydrogen-bond donors (Lipinski definition) is 0. The summed E-state index contributed by atoms with van der Waals surface area (Å²) >= 11 is 1.55. The molecular formula is C11H19N3O4S. The predicted molar refractivity (Wildman–Crippen MR) is 72.2 cm³/mol. The molecule has 0 unspecified atom stereocenters. The third-order valence-electron chi connectivity index (χ3n) is 1.93. The van der Waals surface area contributed by atoms with E-state index in [0.717, 1.165) is 0 Å². The largest absolute Gasteiger partial charge is 0.466 e. The minimum Gasteiger partial charge on any atom is -0.466 e. The van der Waals surface area contributed by atoms with Crippen LogP contribution in [0.4, 0.5) is 0 Å². The van der Waals surface area contributed by atoms with E-state index in [1.165, 1.54) is 0 Å². The van der Waals surface area contributed by atoms with Gasteiger partial charge in [0.15, 0.2) is 0 Å². The lowest BCUT2D eigenvalue weighted by Gasteiger charge is -2.21. The van der Waals surface area contributed by atoms with Crippen molar-refractivity contribution in [3.8, 4) is 0 Å². The van der Waals surface area contributed by atoms with Crippen LogP contribution in [0, 0.1) is 5.92 Å². The molecule has 0 aliphatic carbocycles. The van der Waals surface area contributed by atoms with Crippen LogP contribution in [0.1, 0.15) is 34.1 Å². The van der Waals surface area contributed by atoms with Crippen molar-refractivity contribution in [3.63, 3.8) is 0 Å². The molecule has 0 heterocycles. The quantitative estimate of drug-likeness (QED) is 0.236. The highest BCUT2D eigenvalue weighted by Crippen LogP contribution is 2.27. The number of hydrogen-bond acceptors (Lipinski definition) is 6. The molecule has 0 radical (unpaired) electrons. The van der Waals surface area contributed by atoms with Crippen molar-refractivity contribution in [2.75, 3.05) is 12.4 Å². The van der Waals surface area contributed by atoms with Crippen LogP contribution in [0.2, 0.25) is 0 Å². The average Bonchev–Trinajstić information content (AvgIpc) is 2.30. The first-order valence-corrected chi connectivity index (χ1v) is 6.83. The van der Waals surface area contributed by atoms with Gasteiger partial charge in [0.05, 0.1) is 18.9 Å². The van der Waals surface area contributed by atoms with Crippen LogP contribution < -0.4 is 0 Å². The normalized spacial score (nSPS) is 12.2. The lowest BCUT2D eigenvalue weighted by Crippen LogP contribution is -2.25. The maximum absolute atomic E-state index is 11.7. The summed E-state index contributed by atoms with van der Waals surface area (Å²) in [6.07, 6.45) is -0.166. The second-order valence-electron chi connectivity index (χ2n) is 4.71. The minimum atomic E-state index is -0.745. The number of rotatable bonds is 7. The maximum Gasteiger partial charge on any atom is 0.318 e. The smallest absolute Gasteiger partial charge is 0.318 e. The number of carbonyl (C=O) groups is 2. The van der Waals surface area contributed by atoms with Crippen LogP contribution >= 0.6 is 11.8 Å². The zero-order valence-electron chi connectivity index (χ0n) is 11.6. The Balaban J connectivity index is 4.53. The number of thioether (sulfide) groups is 1. The molecular weight excluding hydrogens is 270 g/mol. The number of esters is 1. The fourth-order valence-corrected chi connectivity index (χ4v) is 2.08. The van der Waals surface area contributed by atoms with E-state index in [4.69, 9.17) is 10.3 Å². The topological polar surface area (TPSA) is 101 Å². The zero-order chi connectivity index (χ0) is 14.9. The highest BCUT2D eigenvalue weighted by atomic mass is 32.2. The second kappa shape index (κ2) is 8.66. The molecule has 0 aliphatic rings. The molecule has 0 N–H and O–H groups in total. The van der Waals surface area contributed by atoms with Crippen molar-refractivity contribution in [3.05, 3.63) is 10.4 Å². The van der Waals surface area contributed by atoms with E-state index in [2.05, 4.69) is 15.0 Å². The van der Waals surface area contributed by atoms with E-state index in [9.17, 15) is 9.59 Å². The van der Waals surface area contributed by atoms with Gasteiger partial charge in [-0.3, -0.25) is 9.59 Å². The lowest BCUT2D eigenvalue weighted by atomic mass is 10.1. The van der Waals surface area contributed by atoms with Crippen LogP contribution in [0.15, 0.2) is 5.28 Å². The lowest BCUT2D eigenvalue weighted by molar-refractivity contribution is -0.154. The molecule has 8 heteroatoms. The Morgan fingerprint density at radius 1 is 1.42 bits per heavy atom. The summed E-state index contributed by atoms with van der Waals surface area (Å²) in [6.45, 7) is 7.99. The van der Waals surface area contributed by atoms with Crippen LogP contribution in [-0.4, -0.2) is 29.0 Å². The predicted octanol–water partition coefficient (Wildman–Crippen LogP) is 2.86. The molecule has 0 amide bonds. The van der Waals surface area contributed by atoms with E-state index >= 15 is 0 Å². The minimum absolute atomic E-state index is 0.0283. The summed E-state index contributed by atoms with van der Waals surface area (Å²) in [7, 11) is 0. The molecule has 7 nitrogen and oxygen atoms in total. The van der Waals surface area contributed by atoms with Crippen LogP contribution in [0.25, 0.3) is 10.4 Å². The van der Waals surface area contributed by atoms with Gasteiger partial charge in [0.25, 0.3) is 0 Å². The molecule has 0 bridgehead atoms. The maximum atomic E-state index is 11.7. The summed E-state index contributed by atoms with van der Waals surface area (Å²) < 4.78 is 4.88. The number of ether oxygens (including phenoxy) is 1. The van der Waals surface area contributed by atoms with E-state index in [0.29, 0.717) is 5.75 Å². The van der Waals surface area contributed by atoms with Gasteiger partial charge in [-0.05, 0) is 12.5 Å². The van der Waals surface area contributed by atoms with E-state index in [1.807, 2.05) is 20.8 Å². The standard InChI is InChI=1S/C11H19N3O4S/c1-5-17-10(16)8(7-19-11(2,3)4)6-9(15)18-14-13-12/h8H,5-7H2,1-4H3/t8-/m1/s1. The summed E-state index contributed by atoms with van der Waals surface area (Å²) in [4.78, 5) is 29.6. The van der Waals surface area contributed by atoms with Crippen molar-refractivity contribution in [2.24, 2.45) is 11.2 Å². The summed E-state index contributed by atoms with van der Waals surface area (Å²) in [6, 6.07) is 0. The van der Waals surface area contributed by atoms with E-state index in [-0.39, 0.29) is 17.8 Å². The Kier molecular flexibility index (Phi) is 8.02. The highest BCUT2D eigenvalue weighted by molar-refractivity contribution is 8.00. The fourth-order valence-electron chi connectivity index (χ4n) is 1.12. The second-order valence-corrected chi connectivity index (χ2v) is 6.56. The molecule has 0 saturated carbocycles. The van der Waals surface area contributed by atoms with Crippen molar-refractivity contribution in [1.82, 2.24) is 0 Å². The van der Waals surface area contributed by atoms with Gasteiger partial charge in [0.2, 0.25) is 0 Å². The van der Waals surface area contributed by atoms with Gasteiger partial charge in [-0.2, -0.15) is 11.8 Å². The summed E-state index contributed by atoms with van der Waals surface area (Å²) in [5.74, 6) is -1.36. The Hall–Kier alpha value is -1.40. The highest BCUT2D eigenvalue weighted by Gasteiger charge is 2.26. The zero-order valence-corrected chi connectivity index (χ0v) is 12.4.